The zero-order valence-corrected chi connectivity index (χ0v) is 19.4. The molecule has 0 saturated carbocycles. The number of rotatable bonds is 11. The Morgan fingerprint density at radius 2 is 1.91 bits per heavy atom. The Morgan fingerprint density at radius 1 is 1.16 bits per heavy atom. The molecule has 0 bridgehead atoms. The van der Waals surface area contributed by atoms with Gasteiger partial charge in [0.05, 0.1) is 10.3 Å². The number of aromatic nitrogens is 1. The number of H-pyrrole nitrogens is 1. The Hall–Kier alpha value is -2.27. The average molecular weight is 462 g/mol. The molecule has 0 saturated heterocycles. The van der Waals surface area contributed by atoms with Crippen LogP contribution < -0.4 is 15.5 Å². The zero-order chi connectivity index (χ0) is 23.4. The molecular weight excluding hydrogens is 430 g/mol. The predicted molar refractivity (Wildman–Crippen MR) is 126 cm³/mol. The maximum Gasteiger partial charge on any atom is 0.305 e. The number of fused-ring (bicyclic) bond motifs is 1. The summed E-state index contributed by atoms with van der Waals surface area (Å²) in [4.78, 5) is 13.9. The molecule has 8 nitrogen and oxygen atoms in total. The Labute approximate surface area is 190 Å². The minimum Gasteiger partial charge on any atom is -0.506 e. The van der Waals surface area contributed by atoms with Gasteiger partial charge in [0.1, 0.15) is 11.3 Å². The third-order valence-corrected chi connectivity index (χ3v) is 6.28. The summed E-state index contributed by atoms with van der Waals surface area (Å²) < 4.78 is 5.93. The molecule has 0 fully saturated rings. The quantitative estimate of drug-likeness (QED) is 0.241. The van der Waals surface area contributed by atoms with Gasteiger partial charge in [0.2, 0.25) is 5.91 Å². The molecule has 0 amide bonds. The molecule has 2 aromatic carbocycles. The Kier molecular flexibility index (Phi) is 7.71. The van der Waals surface area contributed by atoms with E-state index in [1.54, 1.807) is 13.2 Å². The fourth-order valence-corrected chi connectivity index (χ4v) is 4.29. The molecule has 32 heavy (non-hydrogen) atoms. The van der Waals surface area contributed by atoms with Crippen LogP contribution in [0.5, 0.6) is 5.75 Å². The van der Waals surface area contributed by atoms with Crippen molar-refractivity contribution in [2.75, 3.05) is 20.2 Å². The van der Waals surface area contributed by atoms with Crippen molar-refractivity contribution in [3.63, 3.8) is 0 Å². The summed E-state index contributed by atoms with van der Waals surface area (Å²) in [5.41, 5.74) is 2.86. The summed E-state index contributed by atoms with van der Waals surface area (Å²) in [6, 6.07) is 11.1. The largest absolute Gasteiger partial charge is 0.506 e. The van der Waals surface area contributed by atoms with Gasteiger partial charge in [-0.05, 0) is 43.0 Å². The molecule has 0 unspecified atom stereocenters. The lowest BCUT2D eigenvalue weighted by Crippen LogP contribution is -2.47. The molecule has 174 valence electrons. The van der Waals surface area contributed by atoms with Crippen molar-refractivity contribution in [1.82, 2.24) is 15.6 Å². The monoisotopic (exact) mass is 461 g/mol. The molecule has 0 aliphatic carbocycles. The minimum absolute atomic E-state index is 0.0447. The van der Waals surface area contributed by atoms with E-state index in [9.17, 15) is 20.1 Å². The molecular formula is C23H31N3O5S. The third-order valence-electron chi connectivity index (χ3n) is 5.32. The van der Waals surface area contributed by atoms with E-state index in [-0.39, 0.29) is 22.6 Å². The number of hydrogen-bond donors (Lipinski definition) is 6. The third kappa shape index (κ3) is 6.61. The summed E-state index contributed by atoms with van der Waals surface area (Å²) in [6.45, 7) is 5.85. The van der Waals surface area contributed by atoms with Crippen LogP contribution >= 0.6 is 11.3 Å². The van der Waals surface area contributed by atoms with Crippen LogP contribution in [0.25, 0.3) is 10.2 Å². The molecule has 0 aliphatic heterocycles. The molecule has 0 radical (unpaired) electrons. The molecule has 1 aromatic heterocycles. The lowest BCUT2D eigenvalue weighted by molar-refractivity contribution is -0.183. The van der Waals surface area contributed by atoms with Crippen LogP contribution in [-0.4, -0.2) is 52.0 Å². The van der Waals surface area contributed by atoms with Crippen molar-refractivity contribution in [2.45, 2.75) is 44.7 Å². The molecule has 0 atom stereocenters. The lowest BCUT2D eigenvalue weighted by Gasteiger charge is -2.24. The highest BCUT2D eigenvalue weighted by molar-refractivity contribution is 7.16. The van der Waals surface area contributed by atoms with Gasteiger partial charge in [-0.2, -0.15) is 0 Å². The number of benzene rings is 2. The fraction of sp³-hybridized carbons (Fsp3) is 0.435. The van der Waals surface area contributed by atoms with Gasteiger partial charge in [0, 0.05) is 33.2 Å². The first-order chi connectivity index (χ1) is 15.1. The lowest BCUT2D eigenvalue weighted by atomic mass is 10.1. The summed E-state index contributed by atoms with van der Waals surface area (Å²) >= 11 is 0.930. The van der Waals surface area contributed by atoms with Crippen LogP contribution in [0.3, 0.4) is 0 Å². The first-order valence-electron chi connectivity index (χ1n) is 10.5. The van der Waals surface area contributed by atoms with Gasteiger partial charge < -0.3 is 30.4 Å². The Morgan fingerprint density at radius 3 is 2.66 bits per heavy atom. The van der Waals surface area contributed by atoms with Gasteiger partial charge >= 0.3 is 4.87 Å². The number of aliphatic hydroxyl groups is 2. The average Bonchev–Trinajstić information content (AvgIpc) is 3.13. The van der Waals surface area contributed by atoms with E-state index in [1.165, 1.54) is 6.07 Å². The van der Waals surface area contributed by atoms with Crippen LogP contribution in [0.1, 0.15) is 30.5 Å². The first kappa shape index (κ1) is 24.4. The van der Waals surface area contributed by atoms with Crippen LogP contribution in [0.2, 0.25) is 0 Å². The number of methoxy groups -OCH3 is 1. The SMILES string of the molecule is COC(C)(C)CNCc1cccc(CCNC(O)(O)Cc2ccc(O)c3[nH]c(=O)sc23)c1. The first-order valence-corrected chi connectivity index (χ1v) is 11.3. The number of phenols is 1. The van der Waals surface area contributed by atoms with Gasteiger partial charge in [-0.25, -0.2) is 0 Å². The highest BCUT2D eigenvalue weighted by atomic mass is 32.1. The maximum absolute atomic E-state index is 11.6. The summed E-state index contributed by atoms with van der Waals surface area (Å²) in [6.07, 6.45) is 0.486. The van der Waals surface area contributed by atoms with Gasteiger partial charge in [-0.3, -0.25) is 10.1 Å². The number of nitrogens with one attached hydrogen (secondary N) is 3. The Bertz CT molecular complexity index is 1110. The van der Waals surface area contributed by atoms with E-state index >= 15 is 0 Å². The molecule has 1 heterocycles. The van der Waals surface area contributed by atoms with E-state index < -0.39 is 5.91 Å². The number of phenolic OH excluding ortho intramolecular Hbond substituents is 1. The number of aromatic hydroxyl groups is 1. The second-order valence-corrected chi connectivity index (χ2v) is 9.50. The Balaban J connectivity index is 1.55. The van der Waals surface area contributed by atoms with Gasteiger partial charge in [-0.1, -0.05) is 41.7 Å². The summed E-state index contributed by atoms with van der Waals surface area (Å²) in [5.74, 6) is -2.20. The molecule has 0 aliphatic rings. The second kappa shape index (κ2) is 10.1. The van der Waals surface area contributed by atoms with Crippen molar-refractivity contribution in [2.24, 2.45) is 0 Å². The summed E-state index contributed by atoms with van der Waals surface area (Å²) in [7, 11) is 1.70. The normalized spacial score (nSPS) is 12.5. The van der Waals surface area contributed by atoms with Gasteiger partial charge in [0.25, 0.3) is 0 Å². The van der Waals surface area contributed by atoms with Gasteiger partial charge in [-0.15, -0.1) is 0 Å². The smallest absolute Gasteiger partial charge is 0.305 e. The fourth-order valence-electron chi connectivity index (χ4n) is 3.42. The predicted octanol–water partition coefficient (Wildman–Crippen LogP) is 1.82. The standard InChI is InChI=1S/C23H31N3O5S/c1-22(2,31-3)14-24-13-16-6-4-5-15(11-16)9-10-25-23(29,30)12-17-7-8-18(27)19-20(17)32-21(28)26-19/h4-8,11,24-25,27,29-30H,9-10,12-14H2,1-3H3,(H,26,28). The van der Waals surface area contributed by atoms with E-state index in [4.69, 9.17) is 4.74 Å². The second-order valence-electron chi connectivity index (χ2n) is 8.52. The number of hydrogen-bond acceptors (Lipinski definition) is 8. The number of aromatic amines is 1. The highest BCUT2D eigenvalue weighted by Gasteiger charge is 2.25. The zero-order valence-electron chi connectivity index (χ0n) is 18.6. The van der Waals surface area contributed by atoms with Crippen LogP contribution in [0.4, 0.5) is 0 Å². The molecule has 0 spiro atoms. The van der Waals surface area contributed by atoms with Crippen molar-refractivity contribution in [3.05, 3.63) is 62.8 Å². The van der Waals surface area contributed by atoms with Crippen LogP contribution in [-0.2, 0) is 24.1 Å². The summed E-state index contributed by atoms with van der Waals surface area (Å²) in [5, 5.41) is 36.9. The van der Waals surface area contributed by atoms with Crippen molar-refractivity contribution < 1.29 is 20.1 Å². The molecule has 3 rings (SSSR count). The highest BCUT2D eigenvalue weighted by Crippen LogP contribution is 2.29. The van der Waals surface area contributed by atoms with Gasteiger partial charge in [0.15, 0.2) is 0 Å². The topological polar surface area (TPSA) is 127 Å². The number of thiazole rings is 1. The van der Waals surface area contributed by atoms with Crippen LogP contribution in [0.15, 0.2) is 41.2 Å². The van der Waals surface area contributed by atoms with Crippen molar-refractivity contribution in [1.29, 1.82) is 0 Å². The maximum atomic E-state index is 11.6. The number of ether oxygens (including phenoxy) is 1. The molecule has 9 heteroatoms. The molecule has 6 N–H and O–H groups in total. The van der Waals surface area contributed by atoms with Crippen LogP contribution in [0, 0.1) is 0 Å². The van der Waals surface area contributed by atoms with E-state index in [1.807, 2.05) is 32.0 Å². The van der Waals surface area contributed by atoms with E-state index in [0.29, 0.717) is 35.3 Å². The van der Waals surface area contributed by atoms with E-state index in [0.717, 1.165) is 29.0 Å². The minimum atomic E-state index is -2.15. The van der Waals surface area contributed by atoms with E-state index in [2.05, 4.69) is 21.7 Å². The van der Waals surface area contributed by atoms with Crippen molar-refractivity contribution >= 4 is 21.6 Å². The van der Waals surface area contributed by atoms with Crippen molar-refractivity contribution in [3.8, 4) is 5.75 Å². The molecule has 3 aromatic rings.